The molecule has 0 unspecified atom stereocenters. The Hall–Kier alpha value is -2.91. The van der Waals surface area contributed by atoms with Gasteiger partial charge in [0.1, 0.15) is 5.69 Å². The molecule has 32 heavy (non-hydrogen) atoms. The van der Waals surface area contributed by atoms with E-state index in [1.165, 1.54) is 6.92 Å². The quantitative estimate of drug-likeness (QED) is 0.711. The predicted molar refractivity (Wildman–Crippen MR) is 121 cm³/mol. The first-order valence-corrected chi connectivity index (χ1v) is 11.2. The molecule has 2 N–H and O–H groups in total. The van der Waals surface area contributed by atoms with Gasteiger partial charge in [-0.25, -0.2) is 4.68 Å². The van der Waals surface area contributed by atoms with Crippen molar-refractivity contribution in [3.05, 3.63) is 36.0 Å². The van der Waals surface area contributed by atoms with Crippen molar-refractivity contribution in [1.82, 2.24) is 15.1 Å². The minimum atomic E-state index is -0.134. The van der Waals surface area contributed by atoms with Gasteiger partial charge in [0.05, 0.1) is 37.3 Å². The molecule has 1 atom stereocenters. The predicted octanol–water partition coefficient (Wildman–Crippen LogP) is 1.89. The summed E-state index contributed by atoms with van der Waals surface area (Å²) in [5, 5.41) is 10.7. The van der Waals surface area contributed by atoms with E-state index in [1.807, 2.05) is 41.9 Å². The van der Waals surface area contributed by atoms with Gasteiger partial charge in [0, 0.05) is 32.5 Å². The van der Waals surface area contributed by atoms with Crippen molar-refractivity contribution in [2.75, 3.05) is 49.7 Å². The molecule has 0 spiro atoms. The van der Waals surface area contributed by atoms with Gasteiger partial charge >= 0.3 is 0 Å². The van der Waals surface area contributed by atoms with E-state index in [9.17, 15) is 9.59 Å². The molecule has 0 saturated carbocycles. The van der Waals surface area contributed by atoms with Crippen molar-refractivity contribution in [2.45, 2.75) is 32.8 Å². The standard InChI is InChI=1S/C23H31N5O4/c1-16-21(25-17(2)29)23(28(26-16)19-6-4-3-5-7-19)27-10-8-18(9-11-27)22(30)24-14-20-15-31-12-13-32-20/h3-7,18,20H,8-15H2,1-2H3,(H,24,30)(H,25,29)/t20-/m1/s1. The number of aromatic nitrogens is 2. The number of benzene rings is 1. The van der Waals surface area contributed by atoms with Crippen molar-refractivity contribution >= 4 is 23.3 Å². The van der Waals surface area contributed by atoms with E-state index in [0.717, 1.165) is 35.7 Å². The highest BCUT2D eigenvalue weighted by Crippen LogP contribution is 2.34. The summed E-state index contributed by atoms with van der Waals surface area (Å²) in [7, 11) is 0. The van der Waals surface area contributed by atoms with Gasteiger partial charge in [-0.15, -0.1) is 0 Å². The highest BCUT2D eigenvalue weighted by Gasteiger charge is 2.30. The smallest absolute Gasteiger partial charge is 0.223 e. The number of piperidine rings is 1. The maximum atomic E-state index is 12.7. The van der Waals surface area contributed by atoms with Crippen LogP contribution in [0.25, 0.3) is 5.69 Å². The van der Waals surface area contributed by atoms with Crippen LogP contribution in [0.5, 0.6) is 0 Å². The SMILES string of the molecule is CC(=O)Nc1c(C)nn(-c2ccccc2)c1N1CCC(C(=O)NC[C@@H]2COCCO2)CC1. The number of aryl methyl sites for hydroxylation is 1. The largest absolute Gasteiger partial charge is 0.376 e. The first-order chi connectivity index (χ1) is 15.5. The Kier molecular flexibility index (Phi) is 7.06. The van der Waals surface area contributed by atoms with E-state index in [-0.39, 0.29) is 23.8 Å². The van der Waals surface area contributed by atoms with Gasteiger partial charge in [-0.1, -0.05) is 18.2 Å². The second-order valence-electron chi connectivity index (χ2n) is 8.29. The lowest BCUT2D eigenvalue weighted by molar-refractivity contribution is -0.128. The molecule has 9 nitrogen and oxygen atoms in total. The number of para-hydroxylation sites is 1. The average molecular weight is 442 g/mol. The topological polar surface area (TPSA) is 97.7 Å². The van der Waals surface area contributed by atoms with Gasteiger partial charge in [0.15, 0.2) is 5.82 Å². The molecule has 1 aromatic carbocycles. The molecule has 0 radical (unpaired) electrons. The van der Waals surface area contributed by atoms with Crippen molar-refractivity contribution in [3.63, 3.8) is 0 Å². The van der Waals surface area contributed by atoms with Crippen LogP contribution in [0.15, 0.2) is 30.3 Å². The lowest BCUT2D eigenvalue weighted by Crippen LogP contribution is -2.45. The molecule has 3 heterocycles. The number of anilines is 2. The van der Waals surface area contributed by atoms with Gasteiger partial charge in [-0.05, 0) is 31.9 Å². The summed E-state index contributed by atoms with van der Waals surface area (Å²) >= 11 is 0. The maximum Gasteiger partial charge on any atom is 0.223 e. The Morgan fingerprint density at radius 2 is 1.91 bits per heavy atom. The van der Waals surface area contributed by atoms with E-state index in [1.54, 1.807) is 0 Å². The fourth-order valence-electron chi connectivity index (χ4n) is 4.25. The van der Waals surface area contributed by atoms with Gasteiger partial charge in [-0.3, -0.25) is 9.59 Å². The number of hydrogen-bond acceptors (Lipinski definition) is 6. The molecule has 2 saturated heterocycles. The Morgan fingerprint density at radius 1 is 1.16 bits per heavy atom. The zero-order valence-electron chi connectivity index (χ0n) is 18.7. The zero-order valence-corrected chi connectivity index (χ0v) is 18.7. The van der Waals surface area contributed by atoms with Crippen LogP contribution >= 0.6 is 0 Å². The monoisotopic (exact) mass is 441 g/mol. The van der Waals surface area contributed by atoms with E-state index in [2.05, 4.69) is 15.5 Å². The summed E-state index contributed by atoms with van der Waals surface area (Å²) in [6.45, 7) is 6.98. The third-order valence-corrected chi connectivity index (χ3v) is 5.89. The van der Waals surface area contributed by atoms with Crippen molar-refractivity contribution in [1.29, 1.82) is 0 Å². The molecule has 2 fully saturated rings. The van der Waals surface area contributed by atoms with Crippen molar-refractivity contribution in [2.24, 2.45) is 5.92 Å². The normalized spacial score (nSPS) is 19.6. The summed E-state index contributed by atoms with van der Waals surface area (Å²) in [6.07, 6.45) is 1.38. The second-order valence-corrected chi connectivity index (χ2v) is 8.29. The van der Waals surface area contributed by atoms with Gasteiger partial charge < -0.3 is 25.0 Å². The fourth-order valence-corrected chi connectivity index (χ4v) is 4.25. The van der Waals surface area contributed by atoms with E-state index >= 15 is 0 Å². The van der Waals surface area contributed by atoms with Crippen LogP contribution < -0.4 is 15.5 Å². The van der Waals surface area contributed by atoms with Crippen molar-refractivity contribution in [3.8, 4) is 5.69 Å². The molecular formula is C23H31N5O4. The molecule has 2 amide bonds. The Balaban J connectivity index is 1.45. The molecular weight excluding hydrogens is 410 g/mol. The Bertz CT molecular complexity index is 931. The van der Waals surface area contributed by atoms with Gasteiger partial charge in [0.2, 0.25) is 11.8 Å². The second kappa shape index (κ2) is 10.1. The number of ether oxygens (including phenoxy) is 2. The van der Waals surface area contributed by atoms with E-state index in [0.29, 0.717) is 39.5 Å². The molecule has 9 heteroatoms. The lowest BCUT2D eigenvalue weighted by Gasteiger charge is -2.34. The van der Waals surface area contributed by atoms with Crippen LogP contribution in [0.4, 0.5) is 11.5 Å². The number of nitrogens with zero attached hydrogens (tertiary/aromatic N) is 3. The summed E-state index contributed by atoms with van der Waals surface area (Å²) in [6, 6.07) is 9.87. The zero-order chi connectivity index (χ0) is 22.5. The van der Waals surface area contributed by atoms with Crippen molar-refractivity contribution < 1.29 is 19.1 Å². The molecule has 2 aliphatic rings. The molecule has 0 aliphatic carbocycles. The average Bonchev–Trinajstić information content (AvgIpc) is 3.14. The number of nitrogens with one attached hydrogen (secondary N) is 2. The molecule has 1 aromatic heterocycles. The minimum Gasteiger partial charge on any atom is -0.376 e. The van der Waals surface area contributed by atoms with E-state index < -0.39 is 0 Å². The summed E-state index contributed by atoms with van der Waals surface area (Å²) in [5.41, 5.74) is 2.41. The third-order valence-electron chi connectivity index (χ3n) is 5.89. The molecule has 4 rings (SSSR count). The van der Waals surface area contributed by atoms with Crippen LogP contribution in [0.3, 0.4) is 0 Å². The maximum absolute atomic E-state index is 12.7. The van der Waals surface area contributed by atoms with Crippen LogP contribution in [-0.4, -0.2) is 67.2 Å². The Morgan fingerprint density at radius 3 is 2.56 bits per heavy atom. The number of carbonyl (C=O) groups excluding carboxylic acids is 2. The van der Waals surface area contributed by atoms with Gasteiger partial charge in [-0.2, -0.15) is 5.10 Å². The number of hydrogen-bond donors (Lipinski definition) is 2. The third kappa shape index (κ3) is 5.11. The summed E-state index contributed by atoms with van der Waals surface area (Å²) in [4.78, 5) is 26.7. The van der Waals surface area contributed by atoms with Crippen LogP contribution in [0.1, 0.15) is 25.5 Å². The van der Waals surface area contributed by atoms with Crippen LogP contribution in [0.2, 0.25) is 0 Å². The number of amides is 2. The minimum absolute atomic E-state index is 0.0471. The molecule has 2 aliphatic heterocycles. The Labute approximate surface area is 188 Å². The fraction of sp³-hybridized carbons (Fsp3) is 0.522. The molecule has 172 valence electrons. The first kappa shape index (κ1) is 22.3. The summed E-state index contributed by atoms with van der Waals surface area (Å²) < 4.78 is 12.9. The number of rotatable bonds is 6. The number of carbonyl (C=O) groups is 2. The van der Waals surface area contributed by atoms with Crippen LogP contribution in [0, 0.1) is 12.8 Å². The summed E-state index contributed by atoms with van der Waals surface area (Å²) in [5.74, 6) is 0.739. The van der Waals surface area contributed by atoms with E-state index in [4.69, 9.17) is 14.6 Å². The lowest BCUT2D eigenvalue weighted by atomic mass is 9.95. The molecule has 0 bridgehead atoms. The highest BCUT2D eigenvalue weighted by molar-refractivity contribution is 5.93. The van der Waals surface area contributed by atoms with Gasteiger partial charge in [0.25, 0.3) is 0 Å². The first-order valence-electron chi connectivity index (χ1n) is 11.2. The van der Waals surface area contributed by atoms with Crippen LogP contribution in [-0.2, 0) is 19.1 Å². The molecule has 2 aromatic rings. The highest BCUT2D eigenvalue weighted by atomic mass is 16.6.